The molecule has 0 aliphatic heterocycles. The number of carbonyl (C=O) groups is 2. The summed E-state index contributed by atoms with van der Waals surface area (Å²) in [5, 5.41) is 2.98. The molecular weight excluding hydrogens is 333 g/mol. The van der Waals surface area contributed by atoms with Crippen molar-refractivity contribution in [3.8, 4) is 0 Å². The molecule has 0 atom stereocenters. The van der Waals surface area contributed by atoms with Crippen molar-refractivity contribution in [2.45, 2.75) is 69.7 Å². The lowest BCUT2D eigenvalue weighted by Crippen LogP contribution is -2.41. The lowest BCUT2D eigenvalue weighted by Gasteiger charge is -2.28. The summed E-state index contributed by atoms with van der Waals surface area (Å²) in [5.41, 5.74) is 0.0388. The smallest absolute Gasteiger partial charge is 0.317 e. The van der Waals surface area contributed by atoms with E-state index in [1.165, 1.54) is 12.1 Å². The second-order valence-electron chi connectivity index (χ2n) is 7.90. The molecule has 4 nitrogen and oxygen atoms in total. The molecule has 5 heteroatoms. The van der Waals surface area contributed by atoms with Crippen molar-refractivity contribution in [3.05, 3.63) is 35.6 Å². The van der Waals surface area contributed by atoms with E-state index in [-0.39, 0.29) is 30.3 Å². The summed E-state index contributed by atoms with van der Waals surface area (Å²) in [5.74, 6) is -0.200. The van der Waals surface area contributed by atoms with Crippen LogP contribution < -0.4 is 5.32 Å². The first kappa shape index (κ1) is 18.9. The predicted octanol–water partition coefficient (Wildman–Crippen LogP) is 3.88. The molecule has 1 aromatic carbocycles. The fraction of sp³-hybridized carbons (Fsp3) is 0.619. The summed E-state index contributed by atoms with van der Waals surface area (Å²) >= 11 is 0. The highest BCUT2D eigenvalue weighted by atomic mass is 19.1. The van der Waals surface area contributed by atoms with E-state index in [4.69, 9.17) is 4.74 Å². The van der Waals surface area contributed by atoms with E-state index in [2.05, 4.69) is 12.2 Å². The molecule has 2 aliphatic carbocycles. The topological polar surface area (TPSA) is 55.4 Å². The Morgan fingerprint density at radius 1 is 1.12 bits per heavy atom. The SMILES string of the molecule is CC1CCC(NC(=O)COC(=O)C2(c3ccc(F)cc3)CCCC2)CC1. The van der Waals surface area contributed by atoms with Crippen molar-refractivity contribution in [1.82, 2.24) is 5.32 Å². The molecule has 142 valence electrons. The van der Waals surface area contributed by atoms with E-state index in [0.29, 0.717) is 12.8 Å². The number of esters is 1. The molecule has 0 radical (unpaired) electrons. The van der Waals surface area contributed by atoms with Crippen LogP contribution in [0, 0.1) is 11.7 Å². The monoisotopic (exact) mass is 361 g/mol. The summed E-state index contributed by atoms with van der Waals surface area (Å²) < 4.78 is 18.6. The van der Waals surface area contributed by atoms with Crippen LogP contribution >= 0.6 is 0 Å². The third-order valence-corrected chi connectivity index (χ3v) is 5.96. The highest BCUT2D eigenvalue weighted by molar-refractivity contribution is 5.86. The molecule has 2 fully saturated rings. The van der Waals surface area contributed by atoms with E-state index in [9.17, 15) is 14.0 Å². The number of amides is 1. The van der Waals surface area contributed by atoms with Crippen molar-refractivity contribution in [2.75, 3.05) is 6.61 Å². The number of halogens is 1. The average Bonchev–Trinajstić information content (AvgIpc) is 3.13. The second-order valence-corrected chi connectivity index (χ2v) is 7.90. The molecule has 0 saturated heterocycles. The van der Waals surface area contributed by atoms with Crippen molar-refractivity contribution in [2.24, 2.45) is 5.92 Å². The standard InChI is InChI=1S/C21H28FNO3/c1-15-4-10-18(11-5-15)23-19(24)14-26-20(25)21(12-2-3-13-21)16-6-8-17(22)9-7-16/h6-9,15,18H,2-5,10-14H2,1H3,(H,23,24). The average molecular weight is 361 g/mol. The van der Waals surface area contributed by atoms with Gasteiger partial charge in [-0.15, -0.1) is 0 Å². The van der Waals surface area contributed by atoms with Crippen molar-refractivity contribution in [1.29, 1.82) is 0 Å². The summed E-state index contributed by atoms with van der Waals surface area (Å²) in [7, 11) is 0. The molecule has 1 N–H and O–H groups in total. The fourth-order valence-corrected chi connectivity index (χ4v) is 4.30. The molecule has 3 rings (SSSR count). The van der Waals surface area contributed by atoms with Crippen LogP contribution in [0.4, 0.5) is 4.39 Å². The van der Waals surface area contributed by atoms with Crippen LogP contribution in [0.5, 0.6) is 0 Å². The first-order chi connectivity index (χ1) is 12.5. The summed E-state index contributed by atoms with van der Waals surface area (Å²) in [6.07, 6.45) is 7.44. The first-order valence-electron chi connectivity index (χ1n) is 9.72. The van der Waals surface area contributed by atoms with Crippen LogP contribution in [0.15, 0.2) is 24.3 Å². The third-order valence-electron chi connectivity index (χ3n) is 5.96. The van der Waals surface area contributed by atoms with E-state index in [1.54, 1.807) is 12.1 Å². The molecule has 2 saturated carbocycles. The van der Waals surface area contributed by atoms with E-state index < -0.39 is 5.41 Å². The Bertz CT molecular complexity index is 629. The van der Waals surface area contributed by atoms with Crippen LogP contribution in [0.25, 0.3) is 0 Å². The zero-order valence-corrected chi connectivity index (χ0v) is 15.4. The van der Waals surface area contributed by atoms with Gasteiger partial charge in [-0.3, -0.25) is 9.59 Å². The molecule has 0 aromatic heterocycles. The van der Waals surface area contributed by atoms with Gasteiger partial charge in [0.1, 0.15) is 5.82 Å². The van der Waals surface area contributed by atoms with Crippen molar-refractivity contribution >= 4 is 11.9 Å². The molecule has 0 bridgehead atoms. The minimum atomic E-state index is -0.742. The summed E-state index contributed by atoms with van der Waals surface area (Å²) in [4.78, 5) is 25.0. The Labute approximate surface area is 154 Å². The highest BCUT2D eigenvalue weighted by Gasteiger charge is 2.44. The molecule has 26 heavy (non-hydrogen) atoms. The largest absolute Gasteiger partial charge is 0.455 e. The molecule has 1 amide bonds. The van der Waals surface area contributed by atoms with E-state index in [0.717, 1.165) is 50.0 Å². The maximum atomic E-state index is 13.2. The Balaban J connectivity index is 1.57. The molecule has 0 heterocycles. The van der Waals surface area contributed by atoms with Gasteiger partial charge in [0.15, 0.2) is 6.61 Å². The van der Waals surface area contributed by atoms with Gasteiger partial charge in [0, 0.05) is 6.04 Å². The molecule has 1 aromatic rings. The first-order valence-corrected chi connectivity index (χ1v) is 9.72. The lowest BCUT2D eigenvalue weighted by atomic mass is 9.79. The fourth-order valence-electron chi connectivity index (χ4n) is 4.30. The third kappa shape index (κ3) is 4.25. The highest BCUT2D eigenvalue weighted by Crippen LogP contribution is 2.42. The molecule has 0 spiro atoms. The van der Waals surface area contributed by atoms with Crippen molar-refractivity contribution in [3.63, 3.8) is 0 Å². The van der Waals surface area contributed by atoms with Crippen LogP contribution in [0.1, 0.15) is 63.9 Å². The molecule has 0 unspecified atom stereocenters. The molecule has 2 aliphatic rings. The number of ether oxygens (including phenoxy) is 1. The Morgan fingerprint density at radius 3 is 2.35 bits per heavy atom. The Kier molecular flexibility index (Phi) is 5.94. The summed E-state index contributed by atoms with van der Waals surface area (Å²) in [6, 6.07) is 6.25. The maximum absolute atomic E-state index is 13.2. The van der Waals surface area contributed by atoms with Gasteiger partial charge < -0.3 is 10.1 Å². The zero-order chi connectivity index (χ0) is 18.6. The zero-order valence-electron chi connectivity index (χ0n) is 15.4. The van der Waals surface area contributed by atoms with Gasteiger partial charge in [-0.25, -0.2) is 4.39 Å². The van der Waals surface area contributed by atoms with Gasteiger partial charge in [0.05, 0.1) is 5.41 Å². The number of hydrogen-bond acceptors (Lipinski definition) is 3. The van der Waals surface area contributed by atoms with E-state index in [1.807, 2.05) is 0 Å². The van der Waals surface area contributed by atoms with Crippen LogP contribution in [-0.2, 0) is 19.7 Å². The van der Waals surface area contributed by atoms with Gasteiger partial charge in [-0.2, -0.15) is 0 Å². The summed E-state index contributed by atoms with van der Waals surface area (Å²) in [6.45, 7) is 1.99. The number of carbonyl (C=O) groups excluding carboxylic acids is 2. The van der Waals surface area contributed by atoms with Crippen LogP contribution in [0.3, 0.4) is 0 Å². The van der Waals surface area contributed by atoms with Gasteiger partial charge >= 0.3 is 5.97 Å². The van der Waals surface area contributed by atoms with Gasteiger partial charge in [-0.1, -0.05) is 31.9 Å². The number of nitrogens with one attached hydrogen (secondary N) is 1. The minimum absolute atomic E-state index is 0.190. The Hall–Kier alpha value is -1.91. The number of rotatable bonds is 5. The van der Waals surface area contributed by atoms with E-state index >= 15 is 0 Å². The quantitative estimate of drug-likeness (QED) is 0.810. The normalized spacial score (nSPS) is 24.8. The number of hydrogen-bond donors (Lipinski definition) is 1. The predicted molar refractivity (Wildman–Crippen MR) is 97.1 cm³/mol. The lowest BCUT2D eigenvalue weighted by molar-refractivity contribution is -0.154. The minimum Gasteiger partial charge on any atom is -0.455 e. The van der Waals surface area contributed by atoms with Gasteiger partial charge in [0.2, 0.25) is 0 Å². The second kappa shape index (κ2) is 8.19. The van der Waals surface area contributed by atoms with Gasteiger partial charge in [-0.05, 0) is 62.1 Å². The molecular formula is C21H28FNO3. The van der Waals surface area contributed by atoms with Crippen molar-refractivity contribution < 1.29 is 18.7 Å². The Morgan fingerprint density at radius 2 is 1.73 bits per heavy atom. The van der Waals surface area contributed by atoms with Crippen LogP contribution in [-0.4, -0.2) is 24.5 Å². The number of benzene rings is 1. The maximum Gasteiger partial charge on any atom is 0.317 e. The van der Waals surface area contributed by atoms with Crippen LogP contribution in [0.2, 0.25) is 0 Å². The van der Waals surface area contributed by atoms with Gasteiger partial charge in [0.25, 0.3) is 5.91 Å².